The highest BCUT2D eigenvalue weighted by molar-refractivity contribution is 4.68. The van der Waals surface area contributed by atoms with Gasteiger partial charge in [0.1, 0.15) is 0 Å². The molecule has 3 aliphatic rings. The van der Waals surface area contributed by atoms with Crippen LogP contribution in [0.4, 0.5) is 0 Å². The van der Waals surface area contributed by atoms with Gasteiger partial charge in [0.25, 0.3) is 0 Å². The van der Waals surface area contributed by atoms with Crippen LogP contribution in [-0.2, 0) is 0 Å². The molecule has 0 unspecified atom stereocenters. The molecule has 0 aromatic rings. The molecule has 0 aromatic carbocycles. The number of hydrogen-bond donors (Lipinski definition) is 0. The predicted octanol–water partition coefficient (Wildman–Crippen LogP) is 11.8. The maximum atomic E-state index is 2.70. The summed E-state index contributed by atoms with van der Waals surface area (Å²) in [6, 6.07) is 0. The van der Waals surface area contributed by atoms with Crippen molar-refractivity contribution in [1.82, 2.24) is 9.80 Å². The number of fused-ring (bicyclic) bond motifs is 4. The van der Waals surface area contributed by atoms with Crippen LogP contribution >= 0.6 is 0 Å². The van der Waals surface area contributed by atoms with Crippen LogP contribution < -0.4 is 0 Å². The molecule has 2 nitrogen and oxygen atoms in total. The van der Waals surface area contributed by atoms with Crippen molar-refractivity contribution in [3.05, 3.63) is 0 Å². The number of rotatable bonds is 0. The molecule has 1 aliphatic carbocycles. The standard InChI is InChI=1S/C13H26N2.C8H16.10CH4/c1-3-8-14-10-5-2-6-11-15(9-4-1)13-7-12-14;1-2-4-6-8-7-5-3-1;;;;;;;;;;/h1-13H2;1-8H2;10*1H4. The van der Waals surface area contributed by atoms with Crippen molar-refractivity contribution in [3.63, 3.8) is 0 Å². The van der Waals surface area contributed by atoms with Crippen LogP contribution in [0.25, 0.3) is 0 Å². The first-order valence-electron chi connectivity index (χ1n) is 10.9. The molecular formula is C31H82N2. The average Bonchev–Trinajstić information content (AvgIpc) is 2.53. The van der Waals surface area contributed by atoms with Gasteiger partial charge in [-0.25, -0.2) is 0 Å². The van der Waals surface area contributed by atoms with Gasteiger partial charge in [0, 0.05) is 0 Å². The van der Waals surface area contributed by atoms with Crippen molar-refractivity contribution < 1.29 is 0 Å². The first-order chi connectivity index (χ1) is 11.4. The first-order valence-corrected chi connectivity index (χ1v) is 10.9. The topological polar surface area (TPSA) is 6.48 Å². The van der Waals surface area contributed by atoms with Crippen LogP contribution in [-0.4, -0.2) is 49.1 Å². The summed E-state index contributed by atoms with van der Waals surface area (Å²) in [6.07, 6.45) is 22.0. The minimum atomic E-state index is 0. The molecule has 2 bridgehead atoms. The third kappa shape index (κ3) is 31.9. The van der Waals surface area contributed by atoms with E-state index in [4.69, 9.17) is 0 Å². The summed E-state index contributed by atoms with van der Waals surface area (Å²) < 4.78 is 0. The minimum Gasteiger partial charge on any atom is -0.303 e. The molecule has 216 valence electrons. The second-order valence-electron chi connectivity index (χ2n) is 7.99. The van der Waals surface area contributed by atoms with E-state index in [0.29, 0.717) is 0 Å². The van der Waals surface area contributed by atoms with E-state index in [1.807, 2.05) is 0 Å². The van der Waals surface area contributed by atoms with Gasteiger partial charge in [0.05, 0.1) is 0 Å². The second kappa shape index (κ2) is 42.1. The smallest absolute Gasteiger partial charge is 0.000655 e. The normalized spacial score (nSPS) is 21.8. The lowest BCUT2D eigenvalue weighted by Crippen LogP contribution is -2.35. The summed E-state index contributed by atoms with van der Waals surface area (Å²) in [7, 11) is 0. The van der Waals surface area contributed by atoms with Crippen LogP contribution in [0.2, 0.25) is 0 Å². The molecule has 3 rings (SSSR count). The van der Waals surface area contributed by atoms with Crippen molar-refractivity contribution >= 4 is 0 Å². The maximum absolute atomic E-state index is 2.70. The lowest BCUT2D eigenvalue weighted by atomic mass is 10.0. The van der Waals surface area contributed by atoms with Gasteiger partial charge in [-0.05, 0) is 71.4 Å². The monoisotopic (exact) mass is 483 g/mol. The second-order valence-corrected chi connectivity index (χ2v) is 7.99. The molecule has 0 aromatic heterocycles. The van der Waals surface area contributed by atoms with Crippen molar-refractivity contribution in [2.75, 3.05) is 39.3 Å². The van der Waals surface area contributed by atoms with E-state index in [-0.39, 0.29) is 74.3 Å². The molecule has 0 atom stereocenters. The molecular weight excluding hydrogens is 400 g/mol. The van der Waals surface area contributed by atoms with Gasteiger partial charge in [0.15, 0.2) is 0 Å². The summed E-state index contributed by atoms with van der Waals surface area (Å²) in [5, 5.41) is 0. The van der Waals surface area contributed by atoms with Crippen molar-refractivity contribution in [2.24, 2.45) is 0 Å². The van der Waals surface area contributed by atoms with Gasteiger partial charge in [-0.3, -0.25) is 0 Å². The zero-order chi connectivity index (χ0) is 16.0. The van der Waals surface area contributed by atoms with E-state index >= 15 is 0 Å². The summed E-state index contributed by atoms with van der Waals surface area (Å²) >= 11 is 0. The Hall–Kier alpha value is -0.0800. The molecule has 0 spiro atoms. The molecule has 33 heavy (non-hydrogen) atoms. The van der Waals surface area contributed by atoms with E-state index in [2.05, 4.69) is 9.80 Å². The third-order valence-corrected chi connectivity index (χ3v) is 5.85. The summed E-state index contributed by atoms with van der Waals surface area (Å²) in [4.78, 5) is 5.41. The van der Waals surface area contributed by atoms with E-state index in [9.17, 15) is 0 Å². The van der Waals surface area contributed by atoms with Crippen molar-refractivity contribution in [3.8, 4) is 0 Å². The van der Waals surface area contributed by atoms with E-state index in [1.54, 1.807) is 0 Å². The Bertz CT molecular complexity index is 214. The third-order valence-electron chi connectivity index (χ3n) is 5.85. The first kappa shape index (κ1) is 58.6. The van der Waals surface area contributed by atoms with Crippen LogP contribution in [0, 0.1) is 0 Å². The molecule has 0 amide bonds. The highest BCUT2D eigenvalue weighted by atomic mass is 15.1. The predicted molar refractivity (Wildman–Crippen MR) is 169 cm³/mol. The Morgan fingerprint density at radius 2 is 0.333 bits per heavy atom. The van der Waals surface area contributed by atoms with Gasteiger partial charge in [-0.1, -0.05) is 138 Å². The van der Waals surface area contributed by atoms with Gasteiger partial charge in [0.2, 0.25) is 0 Å². The van der Waals surface area contributed by atoms with Gasteiger partial charge >= 0.3 is 0 Å². The van der Waals surface area contributed by atoms with Gasteiger partial charge < -0.3 is 9.80 Å². The fourth-order valence-electron chi connectivity index (χ4n) is 4.30. The Balaban J connectivity index is -0.0000000414. The highest BCUT2D eigenvalue weighted by Gasteiger charge is 2.12. The fraction of sp³-hybridized carbons (Fsp3) is 1.00. The Morgan fingerprint density at radius 3 is 0.545 bits per heavy atom. The zero-order valence-electron chi connectivity index (χ0n) is 15.7. The maximum Gasteiger partial charge on any atom is -0.000655 e. The molecule has 0 N–H and O–H groups in total. The van der Waals surface area contributed by atoms with Crippen LogP contribution in [0.15, 0.2) is 0 Å². The Labute approximate surface area is 219 Å². The molecule has 2 aliphatic heterocycles. The summed E-state index contributed by atoms with van der Waals surface area (Å²) in [5.41, 5.74) is 0. The average molecular weight is 483 g/mol. The van der Waals surface area contributed by atoms with Crippen molar-refractivity contribution in [1.29, 1.82) is 0 Å². The van der Waals surface area contributed by atoms with E-state index in [1.165, 1.54) is 136 Å². The SMILES string of the molecule is C.C.C.C.C.C.C.C.C.C.C1CCCCCCC1.C1CCN2CCCCCN(CC1)CCC2. The van der Waals surface area contributed by atoms with Crippen molar-refractivity contribution in [2.45, 2.75) is 171 Å². The summed E-state index contributed by atoms with van der Waals surface area (Å²) in [6.45, 7) is 8.13. The van der Waals surface area contributed by atoms with E-state index in [0.717, 1.165) is 0 Å². The molecule has 2 heterocycles. The Kier molecular flexibility index (Phi) is 74.8. The van der Waals surface area contributed by atoms with Gasteiger partial charge in [-0.2, -0.15) is 0 Å². The number of nitrogens with zero attached hydrogens (tertiary/aromatic N) is 2. The van der Waals surface area contributed by atoms with Crippen LogP contribution in [0.1, 0.15) is 171 Å². The van der Waals surface area contributed by atoms with E-state index < -0.39 is 0 Å². The largest absolute Gasteiger partial charge is 0.303 e. The zero-order valence-corrected chi connectivity index (χ0v) is 15.7. The highest BCUT2D eigenvalue weighted by Crippen LogP contribution is 2.15. The minimum absolute atomic E-state index is 0. The lowest BCUT2D eigenvalue weighted by Gasteiger charge is -2.29. The lowest BCUT2D eigenvalue weighted by molar-refractivity contribution is 0.188. The Morgan fingerprint density at radius 1 is 0.182 bits per heavy atom. The van der Waals surface area contributed by atoms with Crippen LogP contribution in [0.5, 0.6) is 0 Å². The van der Waals surface area contributed by atoms with Crippen LogP contribution in [0.3, 0.4) is 0 Å². The number of hydrogen-bond acceptors (Lipinski definition) is 2. The quantitative estimate of drug-likeness (QED) is 0.338. The molecule has 2 heteroatoms. The molecule has 3 fully saturated rings. The van der Waals surface area contributed by atoms with Gasteiger partial charge in [-0.15, -0.1) is 0 Å². The molecule has 2 saturated heterocycles. The summed E-state index contributed by atoms with van der Waals surface area (Å²) in [5.74, 6) is 0. The molecule has 1 saturated carbocycles. The molecule has 0 radical (unpaired) electrons. The fourth-order valence-corrected chi connectivity index (χ4v) is 4.30.